The van der Waals surface area contributed by atoms with E-state index in [0.29, 0.717) is 23.8 Å². The summed E-state index contributed by atoms with van der Waals surface area (Å²) in [7, 11) is 3.12. The van der Waals surface area contributed by atoms with Crippen molar-refractivity contribution < 1.29 is 19.0 Å². The zero-order valence-electron chi connectivity index (χ0n) is 11.0. The number of amides is 1. The lowest BCUT2D eigenvalue weighted by Gasteiger charge is -2.10. The highest BCUT2D eigenvalue weighted by molar-refractivity contribution is 5.77. The highest BCUT2D eigenvalue weighted by Gasteiger charge is 2.05. The first kappa shape index (κ1) is 14.2. The molecule has 18 heavy (non-hydrogen) atoms. The Morgan fingerprint density at radius 1 is 1.11 bits per heavy atom. The first-order valence-corrected chi connectivity index (χ1v) is 5.82. The van der Waals surface area contributed by atoms with E-state index in [4.69, 9.17) is 14.2 Å². The molecular formula is C13H19NO4. The van der Waals surface area contributed by atoms with Gasteiger partial charge in [0.05, 0.1) is 14.2 Å². The Bertz CT molecular complexity index is 370. The van der Waals surface area contributed by atoms with Crippen LogP contribution in [-0.2, 0) is 4.79 Å². The second-order valence-corrected chi connectivity index (χ2v) is 3.69. The van der Waals surface area contributed by atoms with Crippen molar-refractivity contribution in [2.24, 2.45) is 0 Å². The molecule has 0 unspecified atom stereocenters. The number of nitrogens with one attached hydrogen (secondary N) is 1. The molecule has 0 radical (unpaired) electrons. The fourth-order valence-electron chi connectivity index (χ4n) is 1.33. The predicted molar refractivity (Wildman–Crippen MR) is 68.3 cm³/mol. The summed E-state index contributed by atoms with van der Waals surface area (Å²) in [6, 6.07) is 5.15. The van der Waals surface area contributed by atoms with Crippen LogP contribution in [0.1, 0.15) is 13.3 Å². The molecule has 1 N–H and O–H groups in total. The maximum atomic E-state index is 11.4. The quantitative estimate of drug-likeness (QED) is 0.802. The van der Waals surface area contributed by atoms with Gasteiger partial charge in [0.15, 0.2) is 6.61 Å². The zero-order chi connectivity index (χ0) is 13.4. The number of hydrogen-bond donors (Lipinski definition) is 1. The van der Waals surface area contributed by atoms with Gasteiger partial charge in [0.25, 0.3) is 5.91 Å². The van der Waals surface area contributed by atoms with Gasteiger partial charge in [-0.05, 0) is 6.42 Å². The van der Waals surface area contributed by atoms with E-state index in [0.717, 1.165) is 6.42 Å². The van der Waals surface area contributed by atoms with Gasteiger partial charge < -0.3 is 19.5 Å². The Balaban J connectivity index is 2.58. The summed E-state index contributed by atoms with van der Waals surface area (Å²) >= 11 is 0. The third-order valence-corrected chi connectivity index (χ3v) is 2.27. The van der Waals surface area contributed by atoms with Gasteiger partial charge >= 0.3 is 0 Å². The highest BCUT2D eigenvalue weighted by atomic mass is 16.5. The monoisotopic (exact) mass is 253 g/mol. The molecule has 100 valence electrons. The molecule has 0 atom stereocenters. The third-order valence-electron chi connectivity index (χ3n) is 2.27. The van der Waals surface area contributed by atoms with E-state index in [1.807, 2.05) is 6.92 Å². The molecule has 1 aromatic carbocycles. The Morgan fingerprint density at radius 2 is 1.67 bits per heavy atom. The number of methoxy groups -OCH3 is 2. The minimum Gasteiger partial charge on any atom is -0.496 e. The van der Waals surface area contributed by atoms with Gasteiger partial charge in [-0.2, -0.15) is 0 Å². The number of rotatable bonds is 7. The second kappa shape index (κ2) is 7.42. The first-order valence-electron chi connectivity index (χ1n) is 5.82. The van der Waals surface area contributed by atoms with Crippen LogP contribution in [0.25, 0.3) is 0 Å². The van der Waals surface area contributed by atoms with Crippen molar-refractivity contribution >= 4 is 5.91 Å². The minimum absolute atomic E-state index is 0.0175. The molecule has 0 bridgehead atoms. The van der Waals surface area contributed by atoms with Gasteiger partial charge in [0.1, 0.15) is 17.2 Å². The Morgan fingerprint density at radius 3 is 2.17 bits per heavy atom. The van der Waals surface area contributed by atoms with E-state index < -0.39 is 0 Å². The van der Waals surface area contributed by atoms with Crippen molar-refractivity contribution in [1.82, 2.24) is 5.32 Å². The van der Waals surface area contributed by atoms with Crippen LogP contribution in [0, 0.1) is 0 Å². The van der Waals surface area contributed by atoms with E-state index in [1.54, 1.807) is 32.4 Å². The summed E-state index contributed by atoms with van der Waals surface area (Å²) in [5, 5.41) is 2.73. The summed E-state index contributed by atoms with van der Waals surface area (Å²) in [6.07, 6.45) is 0.902. The van der Waals surface area contributed by atoms with Crippen LogP contribution in [0.15, 0.2) is 18.2 Å². The van der Waals surface area contributed by atoms with E-state index in [2.05, 4.69) is 5.32 Å². The Labute approximate surface area is 107 Å². The molecule has 0 aliphatic heterocycles. The molecule has 0 aliphatic carbocycles. The fraction of sp³-hybridized carbons (Fsp3) is 0.462. The lowest BCUT2D eigenvalue weighted by molar-refractivity contribution is -0.123. The first-order chi connectivity index (χ1) is 8.69. The molecule has 1 rings (SSSR count). The molecule has 1 amide bonds. The number of carbonyl (C=O) groups is 1. The normalized spacial score (nSPS) is 9.72. The average molecular weight is 253 g/mol. The van der Waals surface area contributed by atoms with Crippen molar-refractivity contribution in [3.63, 3.8) is 0 Å². The summed E-state index contributed by atoms with van der Waals surface area (Å²) in [5.41, 5.74) is 0. The average Bonchev–Trinajstić information content (AvgIpc) is 2.42. The molecular weight excluding hydrogens is 234 g/mol. The summed E-state index contributed by atoms with van der Waals surface area (Å²) in [5.74, 6) is 1.65. The number of ether oxygens (including phenoxy) is 3. The smallest absolute Gasteiger partial charge is 0.257 e. The number of hydrogen-bond acceptors (Lipinski definition) is 4. The molecule has 0 aliphatic rings. The highest BCUT2D eigenvalue weighted by Crippen LogP contribution is 2.27. The van der Waals surface area contributed by atoms with Crippen molar-refractivity contribution in [3.8, 4) is 17.2 Å². The van der Waals surface area contributed by atoms with Crippen LogP contribution in [0.2, 0.25) is 0 Å². The van der Waals surface area contributed by atoms with Crippen molar-refractivity contribution in [1.29, 1.82) is 0 Å². The van der Waals surface area contributed by atoms with Crippen LogP contribution in [0.5, 0.6) is 17.2 Å². The van der Waals surface area contributed by atoms with Gasteiger partial charge in [-0.25, -0.2) is 0 Å². The molecule has 0 fully saturated rings. The standard InChI is InChI=1S/C13H19NO4/c1-4-5-14-13(15)9-18-12-7-10(16-2)6-11(8-12)17-3/h6-8H,4-5,9H2,1-3H3,(H,14,15). The Hall–Kier alpha value is -1.91. The molecule has 5 nitrogen and oxygen atoms in total. The summed E-state index contributed by atoms with van der Waals surface area (Å²) in [6.45, 7) is 2.63. The lowest BCUT2D eigenvalue weighted by atomic mass is 10.3. The number of carbonyl (C=O) groups excluding carboxylic acids is 1. The molecule has 0 spiro atoms. The van der Waals surface area contributed by atoms with Crippen LogP contribution >= 0.6 is 0 Å². The lowest BCUT2D eigenvalue weighted by Crippen LogP contribution is -2.29. The summed E-state index contributed by atoms with van der Waals surface area (Å²) in [4.78, 5) is 11.4. The van der Waals surface area contributed by atoms with E-state index >= 15 is 0 Å². The molecule has 0 saturated carbocycles. The van der Waals surface area contributed by atoms with Crippen LogP contribution < -0.4 is 19.5 Å². The van der Waals surface area contributed by atoms with Crippen molar-refractivity contribution in [3.05, 3.63) is 18.2 Å². The fourth-order valence-corrected chi connectivity index (χ4v) is 1.33. The van der Waals surface area contributed by atoms with Gasteiger partial charge in [0.2, 0.25) is 0 Å². The topological polar surface area (TPSA) is 56.8 Å². The molecule has 0 heterocycles. The van der Waals surface area contributed by atoms with Crippen LogP contribution in [-0.4, -0.2) is 33.3 Å². The maximum absolute atomic E-state index is 11.4. The SMILES string of the molecule is CCCNC(=O)COc1cc(OC)cc(OC)c1. The zero-order valence-corrected chi connectivity index (χ0v) is 11.0. The molecule has 0 aromatic heterocycles. The largest absolute Gasteiger partial charge is 0.496 e. The van der Waals surface area contributed by atoms with Crippen LogP contribution in [0.3, 0.4) is 0 Å². The van der Waals surface area contributed by atoms with E-state index in [-0.39, 0.29) is 12.5 Å². The van der Waals surface area contributed by atoms with Crippen molar-refractivity contribution in [2.45, 2.75) is 13.3 Å². The number of benzene rings is 1. The molecule has 5 heteroatoms. The van der Waals surface area contributed by atoms with E-state index in [9.17, 15) is 4.79 Å². The van der Waals surface area contributed by atoms with Gasteiger partial charge in [-0.3, -0.25) is 4.79 Å². The molecule has 0 saturated heterocycles. The summed E-state index contributed by atoms with van der Waals surface area (Å²) < 4.78 is 15.6. The predicted octanol–water partition coefficient (Wildman–Crippen LogP) is 1.61. The Kier molecular flexibility index (Phi) is 5.84. The van der Waals surface area contributed by atoms with E-state index in [1.165, 1.54) is 0 Å². The van der Waals surface area contributed by atoms with Crippen molar-refractivity contribution in [2.75, 3.05) is 27.4 Å². The van der Waals surface area contributed by atoms with Crippen LogP contribution in [0.4, 0.5) is 0 Å². The van der Waals surface area contributed by atoms with Gasteiger partial charge in [0, 0.05) is 24.7 Å². The van der Waals surface area contributed by atoms with Gasteiger partial charge in [-0.15, -0.1) is 0 Å². The maximum Gasteiger partial charge on any atom is 0.257 e. The van der Waals surface area contributed by atoms with Gasteiger partial charge in [-0.1, -0.05) is 6.92 Å². The second-order valence-electron chi connectivity index (χ2n) is 3.69. The minimum atomic E-state index is -0.140. The third kappa shape index (κ3) is 4.53. The molecule has 1 aromatic rings.